The second kappa shape index (κ2) is 8.57. The third kappa shape index (κ3) is 4.32. The lowest BCUT2D eigenvalue weighted by Crippen LogP contribution is -2.37. The number of nitrogens with zero attached hydrogens (tertiary/aromatic N) is 1. The van der Waals surface area contributed by atoms with Crippen molar-refractivity contribution in [2.24, 2.45) is 5.73 Å². The van der Waals surface area contributed by atoms with E-state index in [2.05, 4.69) is 41.5 Å². The van der Waals surface area contributed by atoms with Gasteiger partial charge in [-0.3, -0.25) is 0 Å². The fraction of sp³-hybridized carbons (Fsp3) is 0.619. The van der Waals surface area contributed by atoms with Crippen molar-refractivity contribution in [3.05, 3.63) is 35.4 Å². The van der Waals surface area contributed by atoms with E-state index in [9.17, 15) is 0 Å². The summed E-state index contributed by atoms with van der Waals surface area (Å²) in [4.78, 5) is 2.52. The Morgan fingerprint density at radius 2 is 1.92 bits per heavy atom. The quantitative estimate of drug-likeness (QED) is 0.830. The molecule has 1 saturated carbocycles. The van der Waals surface area contributed by atoms with E-state index in [0.29, 0.717) is 0 Å². The van der Waals surface area contributed by atoms with E-state index in [0.717, 1.165) is 18.3 Å². The van der Waals surface area contributed by atoms with Crippen LogP contribution >= 0.6 is 0 Å². The molecular formula is C21H33N3. The number of hydrogen-bond donors (Lipinski definition) is 2. The molecular weight excluding hydrogens is 294 g/mol. The predicted octanol–water partition coefficient (Wildman–Crippen LogP) is 4.61. The van der Waals surface area contributed by atoms with Crippen molar-refractivity contribution >= 4 is 11.4 Å². The molecule has 2 fully saturated rings. The fourth-order valence-corrected chi connectivity index (χ4v) is 4.19. The van der Waals surface area contributed by atoms with Crippen molar-refractivity contribution in [2.75, 3.05) is 25.5 Å². The van der Waals surface area contributed by atoms with Crippen LogP contribution in [0.4, 0.5) is 5.69 Å². The minimum absolute atomic E-state index is 0.729. The summed E-state index contributed by atoms with van der Waals surface area (Å²) in [5.41, 5.74) is 11.4. The number of nitrogens with one attached hydrogen (secondary N) is 1. The molecule has 132 valence electrons. The molecule has 0 amide bonds. The van der Waals surface area contributed by atoms with Crippen molar-refractivity contribution in [2.45, 2.75) is 63.8 Å². The average molecular weight is 328 g/mol. The molecule has 1 aliphatic carbocycles. The SMILES string of the molecule is CN1CCCCC1CCNc1ccccc1C(N)=C1CCCCC1. The maximum Gasteiger partial charge on any atom is 0.0434 e. The Morgan fingerprint density at radius 1 is 1.12 bits per heavy atom. The van der Waals surface area contributed by atoms with Gasteiger partial charge >= 0.3 is 0 Å². The Morgan fingerprint density at radius 3 is 2.71 bits per heavy atom. The van der Waals surface area contributed by atoms with Crippen molar-refractivity contribution in [3.8, 4) is 0 Å². The number of nitrogens with two attached hydrogens (primary N) is 1. The van der Waals surface area contributed by atoms with Crippen LogP contribution in [0.5, 0.6) is 0 Å². The van der Waals surface area contributed by atoms with E-state index in [4.69, 9.17) is 5.73 Å². The molecule has 3 nitrogen and oxygen atoms in total. The van der Waals surface area contributed by atoms with Gasteiger partial charge in [-0.15, -0.1) is 0 Å². The smallest absolute Gasteiger partial charge is 0.0434 e. The average Bonchev–Trinajstić information content (AvgIpc) is 2.64. The first-order chi connectivity index (χ1) is 11.8. The number of piperidine rings is 1. The number of rotatable bonds is 5. The van der Waals surface area contributed by atoms with Gasteiger partial charge in [0.1, 0.15) is 0 Å². The molecule has 1 heterocycles. The second-order valence-corrected chi connectivity index (χ2v) is 7.47. The van der Waals surface area contributed by atoms with Crippen molar-refractivity contribution in [3.63, 3.8) is 0 Å². The Balaban J connectivity index is 1.63. The summed E-state index contributed by atoms with van der Waals surface area (Å²) < 4.78 is 0. The predicted molar refractivity (Wildman–Crippen MR) is 104 cm³/mol. The molecule has 3 rings (SSSR count). The molecule has 2 aliphatic rings. The molecule has 3 N–H and O–H groups in total. The molecule has 1 saturated heterocycles. The van der Waals surface area contributed by atoms with Crippen molar-refractivity contribution in [1.82, 2.24) is 4.90 Å². The fourth-order valence-electron chi connectivity index (χ4n) is 4.19. The molecule has 0 bridgehead atoms. The van der Waals surface area contributed by atoms with Crippen molar-refractivity contribution < 1.29 is 0 Å². The van der Waals surface area contributed by atoms with Gasteiger partial charge in [0.05, 0.1) is 0 Å². The van der Waals surface area contributed by atoms with Crippen LogP contribution < -0.4 is 11.1 Å². The summed E-state index contributed by atoms with van der Waals surface area (Å²) in [5, 5.41) is 3.66. The standard InChI is InChI=1S/C21H33N3/c1-24-16-8-7-11-18(24)14-15-23-20-13-6-5-12-19(20)21(22)17-9-3-2-4-10-17/h5-6,12-13,18,23H,2-4,7-11,14-16,22H2,1H3. The minimum atomic E-state index is 0.729. The third-order valence-corrected chi connectivity index (χ3v) is 5.77. The molecule has 1 aromatic rings. The Hall–Kier alpha value is -1.48. The van der Waals surface area contributed by atoms with Crippen molar-refractivity contribution in [1.29, 1.82) is 0 Å². The number of likely N-dealkylation sites (tertiary alicyclic amines) is 1. The number of hydrogen-bond acceptors (Lipinski definition) is 3. The zero-order chi connectivity index (χ0) is 16.8. The van der Waals surface area contributed by atoms with Crippen LogP contribution in [0.3, 0.4) is 0 Å². The minimum Gasteiger partial charge on any atom is -0.398 e. The number of anilines is 1. The maximum absolute atomic E-state index is 6.54. The second-order valence-electron chi connectivity index (χ2n) is 7.47. The first-order valence-electron chi connectivity index (χ1n) is 9.76. The number of para-hydroxylation sites is 1. The monoisotopic (exact) mass is 327 g/mol. The molecule has 1 aromatic carbocycles. The number of allylic oxidation sites excluding steroid dienone is 1. The summed E-state index contributed by atoms with van der Waals surface area (Å²) in [7, 11) is 2.27. The van der Waals surface area contributed by atoms with Gasteiger partial charge in [0.2, 0.25) is 0 Å². The highest BCUT2D eigenvalue weighted by atomic mass is 15.1. The van der Waals surface area contributed by atoms with E-state index < -0.39 is 0 Å². The highest BCUT2D eigenvalue weighted by Crippen LogP contribution is 2.31. The Labute approximate surface area is 147 Å². The largest absolute Gasteiger partial charge is 0.398 e. The molecule has 1 aliphatic heterocycles. The van der Waals surface area contributed by atoms with Crippen LogP contribution in [0.2, 0.25) is 0 Å². The topological polar surface area (TPSA) is 41.3 Å². The van der Waals surface area contributed by atoms with E-state index in [1.165, 1.54) is 81.2 Å². The van der Waals surface area contributed by atoms with Gasteiger partial charge in [0, 0.05) is 29.5 Å². The summed E-state index contributed by atoms with van der Waals surface area (Å²) >= 11 is 0. The Bertz CT molecular complexity index is 556. The molecule has 24 heavy (non-hydrogen) atoms. The summed E-state index contributed by atoms with van der Waals surface area (Å²) in [6.45, 7) is 2.27. The highest BCUT2D eigenvalue weighted by molar-refractivity contribution is 5.76. The third-order valence-electron chi connectivity index (χ3n) is 5.77. The lowest BCUT2D eigenvalue weighted by molar-refractivity contribution is 0.179. The van der Waals surface area contributed by atoms with Crippen LogP contribution in [-0.2, 0) is 0 Å². The summed E-state index contributed by atoms with van der Waals surface area (Å²) in [6, 6.07) is 9.29. The zero-order valence-corrected chi connectivity index (χ0v) is 15.2. The zero-order valence-electron chi connectivity index (χ0n) is 15.2. The van der Waals surface area contributed by atoms with E-state index in [1.54, 1.807) is 0 Å². The van der Waals surface area contributed by atoms with E-state index in [1.807, 2.05) is 0 Å². The molecule has 0 radical (unpaired) electrons. The first-order valence-corrected chi connectivity index (χ1v) is 9.76. The Kier molecular flexibility index (Phi) is 6.19. The van der Waals surface area contributed by atoms with Gasteiger partial charge in [0.25, 0.3) is 0 Å². The first kappa shape index (κ1) is 17.3. The van der Waals surface area contributed by atoms with Gasteiger partial charge in [-0.1, -0.05) is 31.0 Å². The lowest BCUT2D eigenvalue weighted by Gasteiger charge is -2.32. The van der Waals surface area contributed by atoms with Crippen LogP contribution in [0.15, 0.2) is 29.8 Å². The normalized spacial score (nSPS) is 22.4. The van der Waals surface area contributed by atoms with E-state index in [-0.39, 0.29) is 0 Å². The molecule has 0 spiro atoms. The van der Waals surface area contributed by atoms with Crippen LogP contribution in [0, 0.1) is 0 Å². The molecule has 0 aromatic heterocycles. The highest BCUT2D eigenvalue weighted by Gasteiger charge is 2.18. The van der Waals surface area contributed by atoms with Gasteiger partial charge < -0.3 is 16.0 Å². The van der Waals surface area contributed by atoms with Gasteiger partial charge in [0.15, 0.2) is 0 Å². The summed E-state index contributed by atoms with van der Waals surface area (Å²) in [5.74, 6) is 0. The lowest BCUT2D eigenvalue weighted by atomic mass is 9.91. The van der Waals surface area contributed by atoms with Crippen LogP contribution in [0.25, 0.3) is 5.70 Å². The van der Waals surface area contributed by atoms with Gasteiger partial charge in [-0.25, -0.2) is 0 Å². The van der Waals surface area contributed by atoms with Crippen LogP contribution in [-0.4, -0.2) is 31.1 Å². The van der Waals surface area contributed by atoms with Gasteiger partial charge in [-0.05, 0) is 70.2 Å². The molecule has 3 heteroatoms. The number of benzene rings is 1. The summed E-state index contributed by atoms with van der Waals surface area (Å²) in [6.07, 6.45) is 11.6. The maximum atomic E-state index is 6.54. The van der Waals surface area contributed by atoms with E-state index >= 15 is 0 Å². The molecule has 1 atom stereocenters. The van der Waals surface area contributed by atoms with Gasteiger partial charge in [-0.2, -0.15) is 0 Å². The molecule has 1 unspecified atom stereocenters. The van der Waals surface area contributed by atoms with Crippen LogP contribution in [0.1, 0.15) is 63.4 Å².